The van der Waals surface area contributed by atoms with Crippen LogP contribution in [0.15, 0.2) is 18.2 Å². The Morgan fingerprint density at radius 3 is 2.65 bits per heavy atom. The zero-order chi connectivity index (χ0) is 14.4. The number of nitrogens with zero attached hydrogens (tertiary/aromatic N) is 2. The number of rotatable bonds is 6. The molecule has 110 valence electrons. The molecule has 0 unspecified atom stereocenters. The minimum Gasteiger partial charge on any atom is -0.493 e. The van der Waals surface area contributed by atoms with Gasteiger partial charge in [-0.25, -0.2) is 0 Å². The van der Waals surface area contributed by atoms with Crippen LogP contribution < -0.4 is 9.47 Å². The normalized spacial score (nSPS) is 16.9. The van der Waals surface area contributed by atoms with Crippen LogP contribution in [0.25, 0.3) is 0 Å². The summed E-state index contributed by atoms with van der Waals surface area (Å²) in [6.07, 6.45) is 0.799. The van der Waals surface area contributed by atoms with Crippen molar-refractivity contribution in [3.63, 3.8) is 0 Å². The smallest absolute Gasteiger partial charge is 0.171 e. The fourth-order valence-corrected chi connectivity index (χ4v) is 2.29. The number of benzene rings is 1. The summed E-state index contributed by atoms with van der Waals surface area (Å²) < 4.78 is 11.0. The highest BCUT2D eigenvalue weighted by Gasteiger charge is 2.14. The van der Waals surface area contributed by atoms with E-state index in [1.54, 1.807) is 25.3 Å². The molecule has 20 heavy (non-hydrogen) atoms. The summed E-state index contributed by atoms with van der Waals surface area (Å²) >= 11 is 0. The number of carbonyl (C=O) groups excluding carboxylic acids is 1. The first-order valence-corrected chi connectivity index (χ1v) is 6.90. The third-order valence-electron chi connectivity index (χ3n) is 3.61. The van der Waals surface area contributed by atoms with Crippen LogP contribution in [0.4, 0.5) is 0 Å². The van der Waals surface area contributed by atoms with Gasteiger partial charge in [-0.15, -0.1) is 0 Å². The quantitative estimate of drug-likeness (QED) is 0.730. The van der Waals surface area contributed by atoms with Crippen molar-refractivity contribution in [2.45, 2.75) is 0 Å². The van der Waals surface area contributed by atoms with Gasteiger partial charge < -0.3 is 14.4 Å². The van der Waals surface area contributed by atoms with Crippen molar-refractivity contribution in [1.82, 2.24) is 9.80 Å². The zero-order valence-electron chi connectivity index (χ0n) is 12.2. The van der Waals surface area contributed by atoms with E-state index >= 15 is 0 Å². The number of hydrogen-bond donors (Lipinski definition) is 0. The largest absolute Gasteiger partial charge is 0.493 e. The lowest BCUT2D eigenvalue weighted by Crippen LogP contribution is -2.45. The van der Waals surface area contributed by atoms with Crippen LogP contribution in [0.2, 0.25) is 0 Å². The molecule has 0 bridgehead atoms. The average Bonchev–Trinajstić information content (AvgIpc) is 2.49. The standard InChI is InChI=1S/C15H22N2O3/c1-16-6-8-17(9-7-16)10-11-20-15-13(12-18)4-3-5-14(15)19-2/h3-5,12H,6-11H2,1-2H3. The molecule has 1 heterocycles. The Labute approximate surface area is 120 Å². The number of hydrogen-bond acceptors (Lipinski definition) is 5. The first-order valence-electron chi connectivity index (χ1n) is 6.90. The van der Waals surface area contributed by atoms with Gasteiger partial charge in [0.05, 0.1) is 12.7 Å². The van der Waals surface area contributed by atoms with Crippen LogP contribution in [0.1, 0.15) is 10.4 Å². The fraction of sp³-hybridized carbons (Fsp3) is 0.533. The Bertz CT molecular complexity index is 443. The Kier molecular flexibility index (Phi) is 5.38. The van der Waals surface area contributed by atoms with E-state index in [1.807, 2.05) is 0 Å². The Morgan fingerprint density at radius 1 is 1.25 bits per heavy atom. The maximum atomic E-state index is 11.0. The zero-order valence-corrected chi connectivity index (χ0v) is 12.2. The molecule has 1 aromatic carbocycles. The number of ether oxygens (including phenoxy) is 2. The molecule has 0 radical (unpaired) electrons. The lowest BCUT2D eigenvalue weighted by molar-refractivity contribution is 0.111. The topological polar surface area (TPSA) is 42.0 Å². The van der Waals surface area contributed by atoms with Crippen molar-refractivity contribution >= 4 is 6.29 Å². The minimum atomic E-state index is 0.530. The lowest BCUT2D eigenvalue weighted by atomic mass is 10.2. The second-order valence-electron chi connectivity index (χ2n) is 4.99. The van der Waals surface area contributed by atoms with E-state index in [9.17, 15) is 4.79 Å². The molecule has 1 aliphatic heterocycles. The highest BCUT2D eigenvalue weighted by molar-refractivity contribution is 5.81. The highest BCUT2D eigenvalue weighted by atomic mass is 16.5. The third kappa shape index (κ3) is 3.71. The van der Waals surface area contributed by atoms with Gasteiger partial charge in [-0.2, -0.15) is 0 Å². The molecule has 1 fully saturated rings. The molecular formula is C15H22N2O3. The third-order valence-corrected chi connectivity index (χ3v) is 3.61. The fourth-order valence-electron chi connectivity index (χ4n) is 2.29. The molecule has 2 rings (SSSR count). The molecule has 1 saturated heterocycles. The van der Waals surface area contributed by atoms with E-state index in [-0.39, 0.29) is 0 Å². The summed E-state index contributed by atoms with van der Waals surface area (Å²) in [6.45, 7) is 5.73. The van der Waals surface area contributed by atoms with Crippen LogP contribution in [-0.2, 0) is 0 Å². The molecular weight excluding hydrogens is 256 g/mol. The molecule has 0 atom stereocenters. The Hall–Kier alpha value is -1.59. The monoisotopic (exact) mass is 278 g/mol. The van der Waals surface area contributed by atoms with Crippen LogP contribution in [-0.4, -0.2) is 69.6 Å². The summed E-state index contributed by atoms with van der Waals surface area (Å²) in [6, 6.07) is 5.33. The van der Waals surface area contributed by atoms with Crippen molar-refractivity contribution in [3.8, 4) is 11.5 Å². The van der Waals surface area contributed by atoms with Gasteiger partial charge >= 0.3 is 0 Å². The van der Waals surface area contributed by atoms with E-state index < -0.39 is 0 Å². The summed E-state index contributed by atoms with van der Waals surface area (Å²) in [4.78, 5) is 15.7. The number of aldehydes is 1. The van der Waals surface area contributed by atoms with Gasteiger partial charge in [0.1, 0.15) is 6.61 Å². The first kappa shape index (κ1) is 14.8. The SMILES string of the molecule is COc1cccc(C=O)c1OCCN1CCN(C)CC1. The molecule has 0 amide bonds. The first-order chi connectivity index (χ1) is 9.74. The van der Waals surface area contributed by atoms with E-state index in [2.05, 4.69) is 16.8 Å². The van der Waals surface area contributed by atoms with E-state index in [4.69, 9.17) is 9.47 Å². The van der Waals surface area contributed by atoms with Crippen LogP contribution in [0.5, 0.6) is 11.5 Å². The maximum Gasteiger partial charge on any atom is 0.171 e. The van der Waals surface area contributed by atoms with E-state index in [1.165, 1.54) is 0 Å². The summed E-state index contributed by atoms with van der Waals surface area (Å²) in [7, 11) is 3.72. The molecule has 1 aliphatic rings. The predicted molar refractivity (Wildman–Crippen MR) is 77.8 cm³/mol. The molecule has 0 aromatic heterocycles. The molecule has 0 spiro atoms. The van der Waals surface area contributed by atoms with E-state index in [0.29, 0.717) is 23.7 Å². The second kappa shape index (κ2) is 7.26. The van der Waals surface area contributed by atoms with Gasteiger partial charge in [-0.1, -0.05) is 6.07 Å². The number of carbonyl (C=O) groups is 1. The minimum absolute atomic E-state index is 0.530. The van der Waals surface area contributed by atoms with Crippen LogP contribution in [0.3, 0.4) is 0 Å². The Balaban J connectivity index is 1.89. The summed E-state index contributed by atoms with van der Waals surface area (Å²) in [5, 5.41) is 0. The molecule has 0 aliphatic carbocycles. The van der Waals surface area contributed by atoms with Gasteiger partial charge in [0, 0.05) is 32.7 Å². The number of para-hydroxylation sites is 1. The Morgan fingerprint density at radius 2 is 2.00 bits per heavy atom. The lowest BCUT2D eigenvalue weighted by Gasteiger charge is -2.32. The maximum absolute atomic E-state index is 11.0. The van der Waals surface area contributed by atoms with Crippen LogP contribution >= 0.6 is 0 Å². The van der Waals surface area contributed by atoms with Gasteiger partial charge in [0.15, 0.2) is 17.8 Å². The van der Waals surface area contributed by atoms with Crippen molar-refractivity contribution in [3.05, 3.63) is 23.8 Å². The summed E-state index contributed by atoms with van der Waals surface area (Å²) in [5.41, 5.74) is 0.530. The molecule has 1 aromatic rings. The molecule has 5 heteroatoms. The van der Waals surface area contributed by atoms with Crippen molar-refractivity contribution < 1.29 is 14.3 Å². The number of methoxy groups -OCH3 is 1. The number of piperazine rings is 1. The van der Waals surface area contributed by atoms with Gasteiger partial charge in [0.2, 0.25) is 0 Å². The summed E-state index contributed by atoms with van der Waals surface area (Å²) in [5.74, 6) is 1.15. The predicted octanol–water partition coefficient (Wildman–Crippen LogP) is 1.13. The molecule has 0 N–H and O–H groups in total. The van der Waals surface area contributed by atoms with Crippen molar-refractivity contribution in [2.75, 3.05) is 53.5 Å². The number of likely N-dealkylation sites (N-methyl/N-ethyl adjacent to an activating group) is 1. The van der Waals surface area contributed by atoms with Crippen molar-refractivity contribution in [2.24, 2.45) is 0 Å². The molecule has 5 nitrogen and oxygen atoms in total. The average molecular weight is 278 g/mol. The molecule has 0 saturated carbocycles. The van der Waals surface area contributed by atoms with Crippen LogP contribution in [0, 0.1) is 0 Å². The highest BCUT2D eigenvalue weighted by Crippen LogP contribution is 2.29. The van der Waals surface area contributed by atoms with Gasteiger partial charge in [-0.05, 0) is 19.2 Å². The van der Waals surface area contributed by atoms with Crippen molar-refractivity contribution in [1.29, 1.82) is 0 Å². The second-order valence-corrected chi connectivity index (χ2v) is 4.99. The van der Waals surface area contributed by atoms with Gasteiger partial charge in [0.25, 0.3) is 0 Å². The van der Waals surface area contributed by atoms with Gasteiger partial charge in [-0.3, -0.25) is 9.69 Å². The van der Waals surface area contributed by atoms with E-state index in [0.717, 1.165) is 39.0 Å².